The van der Waals surface area contributed by atoms with Crippen molar-refractivity contribution in [2.75, 3.05) is 20.8 Å². The van der Waals surface area contributed by atoms with Gasteiger partial charge in [-0.1, -0.05) is 0 Å². The minimum Gasteiger partial charge on any atom is -0.496 e. The summed E-state index contributed by atoms with van der Waals surface area (Å²) >= 11 is 0. The van der Waals surface area contributed by atoms with Gasteiger partial charge in [0.1, 0.15) is 11.5 Å². The second-order valence-corrected chi connectivity index (χ2v) is 5.05. The SMILES string of the molecule is COc1cc(C(=O)NC(C)(C)CN)cc(OC)c1C. The first-order chi connectivity index (χ1) is 8.84. The van der Waals surface area contributed by atoms with Crippen molar-refractivity contribution in [1.29, 1.82) is 0 Å². The predicted molar refractivity (Wildman–Crippen MR) is 74.9 cm³/mol. The van der Waals surface area contributed by atoms with Crippen LogP contribution in [0.3, 0.4) is 0 Å². The summed E-state index contributed by atoms with van der Waals surface area (Å²) in [6.45, 7) is 5.98. The Morgan fingerprint density at radius 1 is 1.26 bits per heavy atom. The van der Waals surface area contributed by atoms with Gasteiger partial charge >= 0.3 is 0 Å². The van der Waals surface area contributed by atoms with Gasteiger partial charge in [0, 0.05) is 23.2 Å². The van der Waals surface area contributed by atoms with Crippen LogP contribution >= 0.6 is 0 Å². The molecule has 0 aliphatic heterocycles. The van der Waals surface area contributed by atoms with Gasteiger partial charge in [-0.3, -0.25) is 4.79 Å². The second kappa shape index (κ2) is 5.93. The molecule has 0 aliphatic carbocycles. The summed E-state index contributed by atoms with van der Waals surface area (Å²) in [5, 5.41) is 2.87. The zero-order valence-electron chi connectivity index (χ0n) is 12.2. The van der Waals surface area contributed by atoms with Crippen molar-refractivity contribution in [2.24, 2.45) is 5.73 Å². The maximum atomic E-state index is 12.2. The van der Waals surface area contributed by atoms with E-state index >= 15 is 0 Å². The maximum absolute atomic E-state index is 12.2. The number of ether oxygens (including phenoxy) is 2. The molecule has 0 atom stereocenters. The summed E-state index contributed by atoms with van der Waals surface area (Å²) in [6.07, 6.45) is 0. The van der Waals surface area contributed by atoms with E-state index in [4.69, 9.17) is 15.2 Å². The van der Waals surface area contributed by atoms with Gasteiger partial charge in [0.15, 0.2) is 0 Å². The number of rotatable bonds is 5. The van der Waals surface area contributed by atoms with E-state index in [1.807, 2.05) is 20.8 Å². The van der Waals surface area contributed by atoms with Crippen LogP contribution in [-0.4, -0.2) is 32.2 Å². The lowest BCUT2D eigenvalue weighted by Crippen LogP contribution is -2.48. The Morgan fingerprint density at radius 3 is 2.11 bits per heavy atom. The normalized spacial score (nSPS) is 11.1. The Hall–Kier alpha value is -1.75. The summed E-state index contributed by atoms with van der Waals surface area (Å²) in [7, 11) is 3.13. The molecular formula is C14H22N2O3. The van der Waals surface area contributed by atoms with Gasteiger partial charge < -0.3 is 20.5 Å². The van der Waals surface area contributed by atoms with E-state index in [0.29, 0.717) is 23.6 Å². The van der Waals surface area contributed by atoms with Gasteiger partial charge in [-0.25, -0.2) is 0 Å². The molecule has 0 radical (unpaired) electrons. The average Bonchev–Trinajstić information content (AvgIpc) is 2.38. The number of nitrogens with two attached hydrogens (primary N) is 1. The van der Waals surface area contributed by atoms with Crippen LogP contribution in [0.5, 0.6) is 11.5 Å². The number of carbonyl (C=O) groups excluding carboxylic acids is 1. The van der Waals surface area contributed by atoms with Crippen molar-refractivity contribution in [3.05, 3.63) is 23.3 Å². The van der Waals surface area contributed by atoms with Gasteiger partial charge in [0.25, 0.3) is 5.91 Å². The number of hydrogen-bond donors (Lipinski definition) is 2. The summed E-state index contributed by atoms with van der Waals surface area (Å²) in [4.78, 5) is 12.2. The molecule has 1 aromatic carbocycles. The Labute approximate surface area is 114 Å². The fraction of sp³-hybridized carbons (Fsp3) is 0.500. The smallest absolute Gasteiger partial charge is 0.252 e. The van der Waals surface area contributed by atoms with Crippen LogP contribution in [0.1, 0.15) is 29.8 Å². The summed E-state index contributed by atoms with van der Waals surface area (Å²) in [5.41, 5.74) is 6.50. The average molecular weight is 266 g/mol. The van der Waals surface area contributed by atoms with Crippen molar-refractivity contribution in [3.8, 4) is 11.5 Å². The van der Waals surface area contributed by atoms with E-state index in [-0.39, 0.29) is 5.91 Å². The van der Waals surface area contributed by atoms with Crippen LogP contribution in [0.4, 0.5) is 0 Å². The molecule has 0 saturated heterocycles. The number of nitrogens with one attached hydrogen (secondary N) is 1. The molecule has 0 aromatic heterocycles. The molecule has 3 N–H and O–H groups in total. The lowest BCUT2D eigenvalue weighted by molar-refractivity contribution is 0.0915. The molecule has 19 heavy (non-hydrogen) atoms. The Bertz CT molecular complexity index is 445. The zero-order chi connectivity index (χ0) is 14.6. The molecule has 0 spiro atoms. The van der Waals surface area contributed by atoms with Crippen LogP contribution in [0.15, 0.2) is 12.1 Å². The molecule has 0 bridgehead atoms. The third kappa shape index (κ3) is 3.61. The van der Waals surface area contributed by atoms with Gasteiger partial charge in [-0.2, -0.15) is 0 Å². The highest BCUT2D eigenvalue weighted by molar-refractivity contribution is 5.95. The molecule has 0 unspecified atom stereocenters. The van der Waals surface area contributed by atoms with Gasteiger partial charge in [0.05, 0.1) is 14.2 Å². The van der Waals surface area contributed by atoms with Gasteiger partial charge in [0.2, 0.25) is 0 Å². The number of carbonyl (C=O) groups is 1. The molecule has 106 valence electrons. The van der Waals surface area contributed by atoms with E-state index < -0.39 is 5.54 Å². The molecule has 1 aromatic rings. The van der Waals surface area contributed by atoms with Crippen molar-refractivity contribution in [1.82, 2.24) is 5.32 Å². The first kappa shape index (κ1) is 15.3. The molecule has 5 heteroatoms. The van der Waals surface area contributed by atoms with Gasteiger partial charge in [-0.15, -0.1) is 0 Å². The van der Waals surface area contributed by atoms with E-state index in [9.17, 15) is 4.79 Å². The quantitative estimate of drug-likeness (QED) is 0.846. The van der Waals surface area contributed by atoms with E-state index in [2.05, 4.69) is 5.32 Å². The van der Waals surface area contributed by atoms with Crippen molar-refractivity contribution < 1.29 is 14.3 Å². The highest BCUT2D eigenvalue weighted by Crippen LogP contribution is 2.29. The molecule has 0 heterocycles. The number of methoxy groups -OCH3 is 2. The summed E-state index contributed by atoms with van der Waals surface area (Å²) in [6, 6.07) is 3.39. The Kier molecular flexibility index (Phi) is 4.78. The third-order valence-electron chi connectivity index (χ3n) is 2.98. The number of benzene rings is 1. The summed E-state index contributed by atoms with van der Waals surface area (Å²) in [5.74, 6) is 1.04. The Morgan fingerprint density at radius 2 is 1.74 bits per heavy atom. The molecule has 0 aliphatic rings. The molecule has 1 amide bonds. The standard InChI is InChI=1S/C14H22N2O3/c1-9-11(18-4)6-10(7-12(9)19-5)13(17)16-14(2,3)8-15/h6-7H,8,15H2,1-5H3,(H,16,17). The van der Waals surface area contributed by atoms with Gasteiger partial charge in [-0.05, 0) is 32.9 Å². The van der Waals surface area contributed by atoms with E-state index in [0.717, 1.165) is 5.56 Å². The first-order valence-electron chi connectivity index (χ1n) is 6.10. The van der Waals surface area contributed by atoms with E-state index in [1.165, 1.54) is 0 Å². The lowest BCUT2D eigenvalue weighted by Gasteiger charge is -2.24. The second-order valence-electron chi connectivity index (χ2n) is 5.05. The topological polar surface area (TPSA) is 73.6 Å². The highest BCUT2D eigenvalue weighted by atomic mass is 16.5. The third-order valence-corrected chi connectivity index (χ3v) is 2.98. The van der Waals surface area contributed by atoms with Crippen LogP contribution in [0.25, 0.3) is 0 Å². The van der Waals surface area contributed by atoms with E-state index in [1.54, 1.807) is 26.4 Å². The monoisotopic (exact) mass is 266 g/mol. The molecule has 0 saturated carbocycles. The largest absolute Gasteiger partial charge is 0.496 e. The van der Waals surface area contributed by atoms with Crippen molar-refractivity contribution in [3.63, 3.8) is 0 Å². The molecule has 0 fully saturated rings. The van der Waals surface area contributed by atoms with Crippen LogP contribution < -0.4 is 20.5 Å². The maximum Gasteiger partial charge on any atom is 0.252 e. The fourth-order valence-corrected chi connectivity index (χ4v) is 1.65. The number of hydrogen-bond acceptors (Lipinski definition) is 4. The van der Waals surface area contributed by atoms with Crippen LogP contribution in [0, 0.1) is 6.92 Å². The zero-order valence-corrected chi connectivity index (χ0v) is 12.2. The van der Waals surface area contributed by atoms with Crippen LogP contribution in [-0.2, 0) is 0 Å². The molecular weight excluding hydrogens is 244 g/mol. The minimum atomic E-state index is -0.456. The lowest BCUT2D eigenvalue weighted by atomic mass is 10.0. The summed E-state index contributed by atoms with van der Waals surface area (Å²) < 4.78 is 10.5. The minimum absolute atomic E-state index is 0.202. The Balaban J connectivity index is 3.10. The first-order valence-corrected chi connectivity index (χ1v) is 6.10. The molecule has 1 rings (SSSR count). The predicted octanol–water partition coefficient (Wildman–Crippen LogP) is 1.48. The van der Waals surface area contributed by atoms with Crippen molar-refractivity contribution >= 4 is 5.91 Å². The highest BCUT2D eigenvalue weighted by Gasteiger charge is 2.21. The van der Waals surface area contributed by atoms with Crippen LogP contribution in [0.2, 0.25) is 0 Å². The number of amides is 1. The van der Waals surface area contributed by atoms with Crippen molar-refractivity contribution in [2.45, 2.75) is 26.3 Å². The molecule has 5 nitrogen and oxygen atoms in total. The fourth-order valence-electron chi connectivity index (χ4n) is 1.65.